The van der Waals surface area contributed by atoms with Crippen LogP contribution in [0, 0.1) is 0 Å². The van der Waals surface area contributed by atoms with Gasteiger partial charge in [-0.05, 0) is 55.5 Å². The van der Waals surface area contributed by atoms with Crippen molar-refractivity contribution in [2.45, 2.75) is 71.8 Å². The van der Waals surface area contributed by atoms with Crippen LogP contribution in [0.1, 0.15) is 48.5 Å². The van der Waals surface area contributed by atoms with Gasteiger partial charge in [0.1, 0.15) is 11.2 Å². The monoisotopic (exact) mass is 401 g/mol. The van der Waals surface area contributed by atoms with E-state index in [1.807, 2.05) is 0 Å². The van der Waals surface area contributed by atoms with E-state index in [4.69, 9.17) is 14.2 Å². The number of ether oxygens (including phenoxy) is 3. The Bertz CT molecular complexity index is 567. The maximum absolute atomic E-state index is 12.7. The molecule has 1 aliphatic rings. The van der Waals surface area contributed by atoms with E-state index in [1.54, 1.807) is 55.5 Å². The van der Waals surface area contributed by atoms with Gasteiger partial charge in [-0.1, -0.05) is 0 Å². The molecule has 1 N–H and O–H groups in total. The summed E-state index contributed by atoms with van der Waals surface area (Å²) in [5.74, 6) is -0.582. The number of hydrogen-bond acceptors (Lipinski definition) is 7. The Morgan fingerprint density at radius 3 is 1.82 bits per heavy atom. The number of piperazine rings is 1. The van der Waals surface area contributed by atoms with Crippen LogP contribution in [0.25, 0.3) is 0 Å². The molecule has 28 heavy (non-hydrogen) atoms. The minimum absolute atomic E-state index is 0.137. The Labute approximate surface area is 167 Å². The van der Waals surface area contributed by atoms with Gasteiger partial charge in [0.15, 0.2) is 6.04 Å². The summed E-state index contributed by atoms with van der Waals surface area (Å²) in [5.41, 5.74) is -1.39. The summed E-state index contributed by atoms with van der Waals surface area (Å²) >= 11 is 0. The summed E-state index contributed by atoms with van der Waals surface area (Å²) in [6, 6.07) is -1.65. The van der Waals surface area contributed by atoms with E-state index in [0.29, 0.717) is 0 Å². The lowest BCUT2D eigenvalue weighted by molar-refractivity contribution is -0.154. The van der Waals surface area contributed by atoms with Gasteiger partial charge in [-0.15, -0.1) is 0 Å². The lowest BCUT2D eigenvalue weighted by atomic mass is 10.0. The highest BCUT2D eigenvalue weighted by Crippen LogP contribution is 2.24. The molecule has 0 aliphatic carbocycles. The smallest absolute Gasteiger partial charge is 0.411 e. The zero-order valence-corrected chi connectivity index (χ0v) is 18.3. The number of carbonyl (C=O) groups excluding carboxylic acids is 3. The number of rotatable bonds is 4. The summed E-state index contributed by atoms with van der Waals surface area (Å²) in [5, 5.41) is 2.98. The molecule has 0 radical (unpaired) electrons. The van der Waals surface area contributed by atoms with Crippen molar-refractivity contribution in [3.05, 3.63) is 0 Å². The van der Waals surface area contributed by atoms with Crippen molar-refractivity contribution in [2.24, 2.45) is 0 Å². The van der Waals surface area contributed by atoms with E-state index in [2.05, 4.69) is 5.32 Å². The van der Waals surface area contributed by atoms with Gasteiger partial charge in [0, 0.05) is 19.6 Å². The minimum Gasteiger partial charge on any atom is -0.464 e. The van der Waals surface area contributed by atoms with Gasteiger partial charge in [0.25, 0.3) is 0 Å². The minimum atomic E-state index is -0.997. The zero-order valence-electron chi connectivity index (χ0n) is 18.3. The Hall–Kier alpha value is -2.03. The Morgan fingerprint density at radius 2 is 1.39 bits per heavy atom. The number of nitrogens with one attached hydrogen (secondary N) is 1. The Morgan fingerprint density at radius 1 is 0.929 bits per heavy atom. The van der Waals surface area contributed by atoms with Gasteiger partial charge in [0.05, 0.1) is 12.6 Å². The van der Waals surface area contributed by atoms with Crippen molar-refractivity contribution in [1.82, 2.24) is 15.1 Å². The highest BCUT2D eigenvalue weighted by atomic mass is 16.6. The number of carbonyl (C=O) groups is 3. The van der Waals surface area contributed by atoms with E-state index in [0.717, 1.165) is 0 Å². The third-order valence-electron chi connectivity index (χ3n) is 3.88. The molecule has 162 valence electrons. The molecular formula is C19H35N3O6. The number of amides is 2. The average molecular weight is 402 g/mol. The fraction of sp³-hybridized carbons (Fsp3) is 0.842. The van der Waals surface area contributed by atoms with Crippen LogP contribution in [0.15, 0.2) is 0 Å². The topological polar surface area (TPSA) is 97.4 Å². The molecule has 0 unspecified atom stereocenters. The van der Waals surface area contributed by atoms with Crippen LogP contribution < -0.4 is 5.32 Å². The molecular weight excluding hydrogens is 366 g/mol. The molecule has 0 aromatic heterocycles. The normalized spacial score (nSPS) is 20.6. The lowest BCUT2D eigenvalue weighted by Gasteiger charge is -2.46. The van der Waals surface area contributed by atoms with Gasteiger partial charge in [0.2, 0.25) is 0 Å². The molecule has 2 amide bonds. The highest BCUT2D eigenvalue weighted by Gasteiger charge is 2.47. The second kappa shape index (κ2) is 9.45. The van der Waals surface area contributed by atoms with Crippen molar-refractivity contribution < 1.29 is 28.6 Å². The van der Waals surface area contributed by atoms with E-state index in [1.165, 1.54) is 9.80 Å². The molecule has 0 spiro atoms. The second-order valence-corrected chi connectivity index (χ2v) is 8.67. The second-order valence-electron chi connectivity index (χ2n) is 8.67. The Kier molecular flexibility index (Phi) is 8.10. The molecule has 1 fully saturated rings. The first-order valence-electron chi connectivity index (χ1n) is 9.61. The summed E-state index contributed by atoms with van der Waals surface area (Å²) in [6.07, 6.45) is -1.15. The predicted octanol–water partition coefficient (Wildman–Crippen LogP) is 1.99. The van der Waals surface area contributed by atoms with Crippen LogP contribution >= 0.6 is 0 Å². The van der Waals surface area contributed by atoms with E-state index < -0.39 is 41.4 Å². The van der Waals surface area contributed by atoms with Crippen LogP contribution in [0.2, 0.25) is 0 Å². The van der Waals surface area contributed by atoms with Crippen molar-refractivity contribution in [3.63, 3.8) is 0 Å². The number of hydrogen-bond donors (Lipinski definition) is 1. The van der Waals surface area contributed by atoms with Gasteiger partial charge in [-0.25, -0.2) is 14.4 Å². The maximum atomic E-state index is 12.7. The van der Waals surface area contributed by atoms with Crippen LogP contribution in [0.3, 0.4) is 0 Å². The van der Waals surface area contributed by atoms with Gasteiger partial charge < -0.3 is 19.5 Å². The quantitative estimate of drug-likeness (QED) is 0.568. The molecule has 0 saturated carbocycles. The average Bonchev–Trinajstić information content (AvgIpc) is 2.51. The predicted molar refractivity (Wildman–Crippen MR) is 104 cm³/mol. The molecule has 0 aromatic rings. The molecule has 0 bridgehead atoms. The molecule has 2 atom stereocenters. The Balaban J connectivity index is 3.22. The van der Waals surface area contributed by atoms with Crippen molar-refractivity contribution in [2.75, 3.05) is 33.3 Å². The van der Waals surface area contributed by atoms with E-state index >= 15 is 0 Å². The fourth-order valence-corrected chi connectivity index (χ4v) is 2.91. The number of likely N-dealkylation sites (N-methyl/N-ethyl adjacent to an activating group) is 1. The molecule has 0 aromatic carbocycles. The lowest BCUT2D eigenvalue weighted by Crippen LogP contribution is -2.68. The highest BCUT2D eigenvalue weighted by molar-refractivity contribution is 5.84. The number of nitrogens with zero attached hydrogens (tertiary/aromatic N) is 2. The summed E-state index contributed by atoms with van der Waals surface area (Å²) in [4.78, 5) is 41.0. The summed E-state index contributed by atoms with van der Waals surface area (Å²) in [6.45, 7) is 13.1. The van der Waals surface area contributed by atoms with Crippen molar-refractivity contribution >= 4 is 18.2 Å². The van der Waals surface area contributed by atoms with Crippen LogP contribution in [0.4, 0.5) is 9.59 Å². The van der Waals surface area contributed by atoms with E-state index in [9.17, 15) is 14.4 Å². The van der Waals surface area contributed by atoms with Gasteiger partial charge in [-0.2, -0.15) is 0 Å². The first-order chi connectivity index (χ1) is 12.8. The first-order valence-corrected chi connectivity index (χ1v) is 9.61. The largest absolute Gasteiger partial charge is 0.464 e. The molecule has 1 heterocycles. The first kappa shape index (κ1) is 24.0. The van der Waals surface area contributed by atoms with E-state index in [-0.39, 0.29) is 26.2 Å². The van der Waals surface area contributed by atoms with Crippen LogP contribution in [0.5, 0.6) is 0 Å². The van der Waals surface area contributed by atoms with Crippen molar-refractivity contribution in [1.29, 1.82) is 0 Å². The molecule has 1 saturated heterocycles. The third-order valence-corrected chi connectivity index (χ3v) is 3.88. The molecule has 9 nitrogen and oxygen atoms in total. The summed E-state index contributed by atoms with van der Waals surface area (Å²) in [7, 11) is 1.71. The third kappa shape index (κ3) is 6.85. The molecule has 1 aliphatic heterocycles. The zero-order chi connectivity index (χ0) is 21.7. The van der Waals surface area contributed by atoms with Crippen molar-refractivity contribution in [3.8, 4) is 0 Å². The summed E-state index contributed by atoms with van der Waals surface area (Å²) < 4.78 is 16.2. The van der Waals surface area contributed by atoms with Crippen LogP contribution in [-0.4, -0.2) is 84.5 Å². The fourth-order valence-electron chi connectivity index (χ4n) is 2.91. The van der Waals surface area contributed by atoms with Crippen LogP contribution in [-0.2, 0) is 19.0 Å². The standard InChI is InChI=1S/C19H35N3O6/c1-9-26-15(23)14-13(12-20-8)21(16(24)27-18(2,3)4)10-11-22(14)17(25)28-19(5,6)7/h13-14,20H,9-12H2,1-8H3/t13-,14+/m1/s1. The molecule has 1 rings (SSSR count). The molecule has 9 heteroatoms. The SMILES string of the molecule is CCOC(=O)[C@@H]1[C@@H](CNC)N(C(=O)OC(C)(C)C)CCN1C(=O)OC(C)(C)C. The number of esters is 1. The van der Waals surface area contributed by atoms with Gasteiger partial charge in [-0.3, -0.25) is 9.80 Å². The van der Waals surface area contributed by atoms with Gasteiger partial charge >= 0.3 is 18.2 Å². The maximum Gasteiger partial charge on any atom is 0.411 e.